The average molecular weight is 471 g/mol. The normalized spacial score (nSPS) is 15.5. The molecule has 35 heavy (non-hydrogen) atoms. The van der Waals surface area contributed by atoms with Gasteiger partial charge in [-0.3, -0.25) is 4.98 Å². The van der Waals surface area contributed by atoms with Crippen LogP contribution in [0.2, 0.25) is 0 Å². The third-order valence-electron chi connectivity index (χ3n) is 5.60. The minimum absolute atomic E-state index is 0.0195. The number of pyridine rings is 2. The lowest BCUT2D eigenvalue weighted by Gasteiger charge is -2.42. The number of halogens is 1. The number of piperazine rings is 1. The third-order valence-corrected chi connectivity index (χ3v) is 5.60. The molecule has 176 valence electrons. The molecule has 0 unspecified atom stereocenters. The number of methoxy groups -OCH3 is 1. The van der Waals surface area contributed by atoms with E-state index in [-0.39, 0.29) is 6.04 Å². The van der Waals surface area contributed by atoms with Gasteiger partial charge in [-0.25, -0.2) is 19.9 Å². The van der Waals surface area contributed by atoms with Gasteiger partial charge in [0, 0.05) is 68.8 Å². The molecule has 9 nitrogen and oxygen atoms in total. The van der Waals surface area contributed by atoms with Gasteiger partial charge in [0.25, 0.3) is 0 Å². The zero-order chi connectivity index (χ0) is 24.0. The van der Waals surface area contributed by atoms with Gasteiger partial charge in [-0.1, -0.05) is 11.8 Å². The third kappa shape index (κ3) is 5.26. The van der Waals surface area contributed by atoms with Crippen LogP contribution in [0, 0.1) is 17.8 Å². The van der Waals surface area contributed by atoms with Gasteiger partial charge in [0.2, 0.25) is 11.9 Å². The van der Waals surface area contributed by atoms with Gasteiger partial charge in [0.1, 0.15) is 5.69 Å². The second-order valence-corrected chi connectivity index (χ2v) is 7.90. The van der Waals surface area contributed by atoms with E-state index in [1.54, 1.807) is 31.9 Å². The van der Waals surface area contributed by atoms with Crippen molar-refractivity contribution in [3.05, 3.63) is 78.7 Å². The molecule has 0 aliphatic carbocycles. The molecule has 0 spiro atoms. The van der Waals surface area contributed by atoms with Crippen molar-refractivity contribution in [1.82, 2.24) is 24.9 Å². The molecule has 1 fully saturated rings. The van der Waals surface area contributed by atoms with Crippen LogP contribution in [0.5, 0.6) is 0 Å². The topological polar surface area (TPSA) is 93.3 Å². The number of anilines is 2. The molecular weight excluding hydrogens is 449 g/mol. The Kier molecular flexibility index (Phi) is 6.59. The molecule has 0 amide bonds. The highest BCUT2D eigenvalue weighted by atomic mass is 19.1. The maximum absolute atomic E-state index is 13.6. The highest BCUT2D eigenvalue weighted by Gasteiger charge is 2.28. The molecule has 1 aliphatic rings. The first-order chi connectivity index (χ1) is 17.2. The van der Waals surface area contributed by atoms with E-state index in [1.807, 2.05) is 18.2 Å². The SMILES string of the molecule is COC[C@H]1CN(c2ncc(C#Cc3ccc(-c4cnco4)nc3)cn2)CCN1c1ccnc(F)c1. The van der Waals surface area contributed by atoms with E-state index in [4.69, 9.17) is 9.15 Å². The molecule has 10 heteroatoms. The van der Waals surface area contributed by atoms with Crippen molar-refractivity contribution in [1.29, 1.82) is 0 Å². The Labute approximate surface area is 201 Å². The summed E-state index contributed by atoms with van der Waals surface area (Å²) in [4.78, 5) is 25.2. The number of hydrogen-bond acceptors (Lipinski definition) is 9. The molecule has 0 N–H and O–H groups in total. The Morgan fingerprint density at radius 3 is 2.57 bits per heavy atom. The molecule has 5 rings (SSSR count). The van der Waals surface area contributed by atoms with Gasteiger partial charge in [-0.05, 0) is 18.2 Å². The molecule has 5 heterocycles. The maximum atomic E-state index is 13.6. The molecule has 1 atom stereocenters. The van der Waals surface area contributed by atoms with Crippen LogP contribution in [-0.4, -0.2) is 64.3 Å². The Morgan fingerprint density at radius 1 is 1.03 bits per heavy atom. The van der Waals surface area contributed by atoms with Crippen LogP contribution in [0.4, 0.5) is 16.0 Å². The number of hydrogen-bond donors (Lipinski definition) is 0. The largest absolute Gasteiger partial charge is 0.442 e. The first-order valence-corrected chi connectivity index (χ1v) is 11.0. The summed E-state index contributed by atoms with van der Waals surface area (Å²) < 4.78 is 24.3. The van der Waals surface area contributed by atoms with Crippen molar-refractivity contribution >= 4 is 11.6 Å². The Bertz CT molecular complexity index is 1320. The summed E-state index contributed by atoms with van der Waals surface area (Å²) in [5.74, 6) is 6.87. The van der Waals surface area contributed by atoms with Crippen LogP contribution in [0.1, 0.15) is 11.1 Å². The van der Waals surface area contributed by atoms with Gasteiger partial charge in [-0.2, -0.15) is 4.39 Å². The molecule has 4 aromatic rings. The summed E-state index contributed by atoms with van der Waals surface area (Å²) in [5.41, 5.74) is 2.95. The maximum Gasteiger partial charge on any atom is 0.225 e. The van der Waals surface area contributed by atoms with Crippen molar-refractivity contribution in [2.75, 3.05) is 43.2 Å². The highest BCUT2D eigenvalue weighted by Crippen LogP contribution is 2.23. The molecule has 0 radical (unpaired) electrons. The minimum atomic E-state index is -0.498. The summed E-state index contributed by atoms with van der Waals surface area (Å²) in [7, 11) is 1.66. The van der Waals surface area contributed by atoms with Crippen molar-refractivity contribution < 1.29 is 13.5 Å². The molecule has 0 aromatic carbocycles. The Morgan fingerprint density at radius 2 is 1.86 bits per heavy atom. The summed E-state index contributed by atoms with van der Waals surface area (Å²) in [6.45, 7) is 2.51. The number of oxazole rings is 1. The molecule has 0 bridgehead atoms. The van der Waals surface area contributed by atoms with E-state index < -0.39 is 5.95 Å². The summed E-state index contributed by atoms with van der Waals surface area (Å²) >= 11 is 0. The predicted octanol–water partition coefficient (Wildman–Crippen LogP) is 2.80. The van der Waals surface area contributed by atoms with Crippen molar-refractivity contribution in [3.63, 3.8) is 0 Å². The summed E-state index contributed by atoms with van der Waals surface area (Å²) in [5, 5.41) is 0. The summed E-state index contributed by atoms with van der Waals surface area (Å²) in [6, 6.07) is 6.98. The minimum Gasteiger partial charge on any atom is -0.442 e. The van der Waals surface area contributed by atoms with Gasteiger partial charge >= 0.3 is 0 Å². The van der Waals surface area contributed by atoms with Crippen LogP contribution < -0.4 is 9.80 Å². The van der Waals surface area contributed by atoms with Crippen LogP contribution in [-0.2, 0) is 4.74 Å². The van der Waals surface area contributed by atoms with E-state index in [0.717, 1.165) is 11.3 Å². The smallest absolute Gasteiger partial charge is 0.225 e. The fraction of sp³-hybridized carbons (Fsp3) is 0.240. The van der Waals surface area contributed by atoms with Crippen LogP contribution >= 0.6 is 0 Å². The van der Waals surface area contributed by atoms with Gasteiger partial charge in [-0.15, -0.1) is 0 Å². The van der Waals surface area contributed by atoms with E-state index >= 15 is 0 Å². The zero-order valence-electron chi connectivity index (χ0n) is 19.0. The number of ether oxygens (including phenoxy) is 1. The second kappa shape index (κ2) is 10.3. The van der Waals surface area contributed by atoms with Gasteiger partial charge < -0.3 is 19.0 Å². The standard InChI is InChI=1S/C25H22FN7O2/c1-34-16-21-15-32(8-9-33(21)20-6-7-28-24(26)10-20)25-30-12-19(13-31-25)3-2-18-4-5-22(29-11-18)23-14-27-17-35-23/h4-7,10-14,17,21H,8-9,15-16H2,1H3/t21-/m1/s1. The lowest BCUT2D eigenvalue weighted by molar-refractivity contribution is 0.174. The molecular formula is C25H22FN7O2. The van der Waals surface area contributed by atoms with Gasteiger partial charge in [0.15, 0.2) is 12.2 Å². The quantitative estimate of drug-likeness (QED) is 0.322. The first kappa shape index (κ1) is 22.4. The highest BCUT2D eigenvalue weighted by molar-refractivity contribution is 5.52. The van der Waals surface area contributed by atoms with Gasteiger partial charge in [0.05, 0.1) is 24.4 Å². The first-order valence-electron chi connectivity index (χ1n) is 11.0. The molecule has 1 aliphatic heterocycles. The van der Waals surface area contributed by atoms with Crippen LogP contribution in [0.3, 0.4) is 0 Å². The fourth-order valence-corrected chi connectivity index (χ4v) is 3.93. The number of aromatic nitrogens is 5. The van der Waals surface area contributed by atoms with E-state index in [9.17, 15) is 4.39 Å². The van der Waals surface area contributed by atoms with Crippen molar-refractivity contribution in [3.8, 4) is 23.3 Å². The summed E-state index contributed by atoms with van der Waals surface area (Å²) in [6.07, 6.45) is 9.56. The number of nitrogens with zero attached hydrogens (tertiary/aromatic N) is 7. The fourth-order valence-electron chi connectivity index (χ4n) is 3.93. The lowest BCUT2D eigenvalue weighted by atomic mass is 10.1. The predicted molar refractivity (Wildman–Crippen MR) is 127 cm³/mol. The lowest BCUT2D eigenvalue weighted by Crippen LogP contribution is -2.55. The molecule has 0 saturated carbocycles. The van der Waals surface area contributed by atoms with Crippen LogP contribution in [0.15, 0.2) is 66.1 Å². The number of rotatable bonds is 5. The monoisotopic (exact) mass is 471 g/mol. The van der Waals surface area contributed by atoms with E-state index in [1.165, 1.54) is 18.7 Å². The van der Waals surface area contributed by atoms with Crippen molar-refractivity contribution in [2.24, 2.45) is 0 Å². The van der Waals surface area contributed by atoms with Crippen molar-refractivity contribution in [2.45, 2.75) is 6.04 Å². The van der Waals surface area contributed by atoms with Crippen LogP contribution in [0.25, 0.3) is 11.5 Å². The average Bonchev–Trinajstić information content (AvgIpc) is 3.43. The second-order valence-electron chi connectivity index (χ2n) is 7.90. The molecule has 1 saturated heterocycles. The molecule has 4 aromatic heterocycles. The van der Waals surface area contributed by atoms with E-state index in [0.29, 0.717) is 49.2 Å². The zero-order valence-corrected chi connectivity index (χ0v) is 19.0. The van der Waals surface area contributed by atoms with E-state index in [2.05, 4.69) is 46.6 Å². The Balaban J connectivity index is 1.25. The Hall–Kier alpha value is -4.36.